The number of fused-ring (bicyclic) bond motifs is 1. The standard InChI is InChI=1S/C15H20N2O/c1-4-16-12(3)10-18-14-7-5-6-13-9-8-11(2)17-15(13)14/h5-9,12,16H,4,10H2,1-3H3. The second-order valence-electron chi connectivity index (χ2n) is 4.55. The largest absolute Gasteiger partial charge is 0.490 e. The van der Waals surface area contributed by atoms with Gasteiger partial charge in [0.15, 0.2) is 0 Å². The van der Waals surface area contributed by atoms with E-state index in [2.05, 4.69) is 36.3 Å². The van der Waals surface area contributed by atoms with Crippen molar-refractivity contribution in [3.05, 3.63) is 36.0 Å². The number of aryl methyl sites for hydroxylation is 1. The first-order valence-corrected chi connectivity index (χ1v) is 6.43. The zero-order chi connectivity index (χ0) is 13.0. The summed E-state index contributed by atoms with van der Waals surface area (Å²) in [5.74, 6) is 0.862. The fraction of sp³-hybridized carbons (Fsp3) is 0.400. The van der Waals surface area contributed by atoms with Crippen LogP contribution in [0.2, 0.25) is 0 Å². The van der Waals surface area contributed by atoms with Crippen LogP contribution in [0.4, 0.5) is 0 Å². The summed E-state index contributed by atoms with van der Waals surface area (Å²) in [6.07, 6.45) is 0. The Balaban J connectivity index is 2.19. The first-order valence-electron chi connectivity index (χ1n) is 6.43. The Bertz CT molecular complexity index is 525. The van der Waals surface area contributed by atoms with Crippen molar-refractivity contribution >= 4 is 10.9 Å². The van der Waals surface area contributed by atoms with Gasteiger partial charge in [-0.3, -0.25) is 0 Å². The zero-order valence-corrected chi connectivity index (χ0v) is 11.2. The van der Waals surface area contributed by atoms with Crippen molar-refractivity contribution in [3.63, 3.8) is 0 Å². The molecule has 0 aliphatic carbocycles. The minimum Gasteiger partial charge on any atom is -0.490 e. The van der Waals surface area contributed by atoms with Gasteiger partial charge >= 0.3 is 0 Å². The topological polar surface area (TPSA) is 34.1 Å². The van der Waals surface area contributed by atoms with Crippen molar-refractivity contribution in [1.29, 1.82) is 0 Å². The minimum atomic E-state index is 0.343. The van der Waals surface area contributed by atoms with E-state index >= 15 is 0 Å². The number of nitrogens with zero attached hydrogens (tertiary/aromatic N) is 1. The maximum Gasteiger partial charge on any atom is 0.145 e. The molecular weight excluding hydrogens is 224 g/mol. The van der Waals surface area contributed by atoms with Gasteiger partial charge in [-0.05, 0) is 32.5 Å². The Kier molecular flexibility index (Phi) is 4.15. The van der Waals surface area contributed by atoms with Gasteiger partial charge in [0, 0.05) is 17.1 Å². The van der Waals surface area contributed by atoms with Crippen LogP contribution in [-0.2, 0) is 0 Å². The van der Waals surface area contributed by atoms with Crippen LogP contribution in [0, 0.1) is 6.92 Å². The molecule has 0 fully saturated rings. The molecule has 18 heavy (non-hydrogen) atoms. The van der Waals surface area contributed by atoms with E-state index < -0.39 is 0 Å². The van der Waals surface area contributed by atoms with Crippen molar-refractivity contribution in [3.8, 4) is 5.75 Å². The molecule has 0 saturated carbocycles. The van der Waals surface area contributed by atoms with Gasteiger partial charge in [-0.2, -0.15) is 0 Å². The van der Waals surface area contributed by atoms with E-state index in [-0.39, 0.29) is 0 Å². The smallest absolute Gasteiger partial charge is 0.145 e. The molecule has 0 spiro atoms. The Morgan fingerprint density at radius 1 is 1.28 bits per heavy atom. The maximum atomic E-state index is 5.86. The highest BCUT2D eigenvalue weighted by molar-refractivity contribution is 5.84. The number of ether oxygens (including phenoxy) is 1. The first-order chi connectivity index (χ1) is 8.70. The molecule has 2 aromatic rings. The van der Waals surface area contributed by atoms with Gasteiger partial charge in [-0.1, -0.05) is 25.1 Å². The number of pyridine rings is 1. The number of para-hydroxylation sites is 1. The van der Waals surface area contributed by atoms with Gasteiger partial charge in [-0.15, -0.1) is 0 Å². The van der Waals surface area contributed by atoms with Crippen LogP contribution in [0.25, 0.3) is 10.9 Å². The fourth-order valence-corrected chi connectivity index (χ4v) is 1.96. The molecule has 0 saturated heterocycles. The molecule has 1 aromatic carbocycles. The number of nitrogens with one attached hydrogen (secondary N) is 1. The van der Waals surface area contributed by atoms with Crippen molar-refractivity contribution < 1.29 is 4.74 Å². The molecular formula is C15H20N2O. The molecule has 0 radical (unpaired) electrons. The molecule has 0 bridgehead atoms. The van der Waals surface area contributed by atoms with Crippen LogP contribution in [0.5, 0.6) is 5.75 Å². The summed E-state index contributed by atoms with van der Waals surface area (Å²) >= 11 is 0. The Morgan fingerprint density at radius 3 is 2.89 bits per heavy atom. The van der Waals surface area contributed by atoms with E-state index in [1.165, 1.54) is 0 Å². The molecule has 1 heterocycles. The van der Waals surface area contributed by atoms with Gasteiger partial charge in [0.05, 0.1) is 0 Å². The third kappa shape index (κ3) is 2.99. The minimum absolute atomic E-state index is 0.343. The number of hydrogen-bond donors (Lipinski definition) is 1. The van der Waals surface area contributed by atoms with E-state index in [1.54, 1.807) is 0 Å². The van der Waals surface area contributed by atoms with Crippen molar-refractivity contribution in [1.82, 2.24) is 10.3 Å². The number of benzene rings is 1. The molecule has 0 aliphatic rings. The first kappa shape index (κ1) is 12.8. The van der Waals surface area contributed by atoms with Gasteiger partial charge in [0.2, 0.25) is 0 Å². The molecule has 1 atom stereocenters. The maximum absolute atomic E-state index is 5.86. The van der Waals surface area contributed by atoms with Crippen molar-refractivity contribution in [2.24, 2.45) is 0 Å². The SMILES string of the molecule is CCNC(C)COc1cccc2ccc(C)nc12. The summed E-state index contributed by atoms with van der Waals surface area (Å²) in [6.45, 7) is 7.82. The highest BCUT2D eigenvalue weighted by Gasteiger charge is 2.06. The number of rotatable bonds is 5. The van der Waals surface area contributed by atoms with Crippen LogP contribution >= 0.6 is 0 Å². The summed E-state index contributed by atoms with van der Waals surface area (Å²) in [5.41, 5.74) is 1.96. The lowest BCUT2D eigenvalue weighted by Crippen LogP contribution is -2.31. The lowest BCUT2D eigenvalue weighted by molar-refractivity contribution is 0.278. The third-order valence-corrected chi connectivity index (χ3v) is 2.86. The lowest BCUT2D eigenvalue weighted by atomic mass is 10.2. The summed E-state index contributed by atoms with van der Waals surface area (Å²) < 4.78 is 5.86. The zero-order valence-electron chi connectivity index (χ0n) is 11.2. The molecule has 3 heteroatoms. The number of likely N-dealkylation sites (N-methyl/N-ethyl adjacent to an activating group) is 1. The summed E-state index contributed by atoms with van der Waals surface area (Å²) in [7, 11) is 0. The van der Waals surface area contributed by atoms with Crippen LogP contribution in [0.15, 0.2) is 30.3 Å². The van der Waals surface area contributed by atoms with Crippen LogP contribution in [-0.4, -0.2) is 24.2 Å². The highest BCUT2D eigenvalue weighted by atomic mass is 16.5. The number of aromatic nitrogens is 1. The van der Waals surface area contributed by atoms with E-state index in [4.69, 9.17) is 4.74 Å². The van der Waals surface area contributed by atoms with Crippen molar-refractivity contribution in [2.75, 3.05) is 13.2 Å². The molecule has 3 nitrogen and oxygen atoms in total. The van der Waals surface area contributed by atoms with Gasteiger partial charge < -0.3 is 10.1 Å². The van der Waals surface area contributed by atoms with Crippen molar-refractivity contribution in [2.45, 2.75) is 26.8 Å². The van der Waals surface area contributed by atoms with Gasteiger partial charge in [-0.25, -0.2) is 4.98 Å². The Hall–Kier alpha value is -1.61. The van der Waals surface area contributed by atoms with Gasteiger partial charge in [0.1, 0.15) is 17.9 Å². The van der Waals surface area contributed by atoms with Crippen LogP contribution in [0.1, 0.15) is 19.5 Å². The van der Waals surface area contributed by atoms with E-state index in [9.17, 15) is 0 Å². The van der Waals surface area contributed by atoms with E-state index in [0.29, 0.717) is 12.6 Å². The second-order valence-corrected chi connectivity index (χ2v) is 4.55. The predicted octanol–water partition coefficient (Wildman–Crippen LogP) is 2.92. The van der Waals surface area contributed by atoms with E-state index in [1.807, 2.05) is 25.1 Å². The molecule has 1 unspecified atom stereocenters. The molecule has 1 N–H and O–H groups in total. The van der Waals surface area contributed by atoms with E-state index in [0.717, 1.165) is 28.9 Å². The van der Waals surface area contributed by atoms with Crippen LogP contribution in [0.3, 0.4) is 0 Å². The quantitative estimate of drug-likeness (QED) is 0.878. The summed E-state index contributed by atoms with van der Waals surface area (Å²) in [5, 5.41) is 4.45. The summed E-state index contributed by atoms with van der Waals surface area (Å²) in [4.78, 5) is 4.55. The summed E-state index contributed by atoms with van der Waals surface area (Å²) in [6, 6.07) is 10.5. The molecule has 2 rings (SSSR count). The fourth-order valence-electron chi connectivity index (χ4n) is 1.96. The average molecular weight is 244 g/mol. The average Bonchev–Trinajstić information content (AvgIpc) is 2.36. The normalized spacial score (nSPS) is 12.6. The molecule has 0 aliphatic heterocycles. The van der Waals surface area contributed by atoms with Gasteiger partial charge in [0.25, 0.3) is 0 Å². The molecule has 0 amide bonds. The lowest BCUT2D eigenvalue weighted by Gasteiger charge is -2.14. The monoisotopic (exact) mass is 244 g/mol. The molecule has 1 aromatic heterocycles. The van der Waals surface area contributed by atoms with Crippen LogP contribution < -0.4 is 10.1 Å². The Morgan fingerprint density at radius 2 is 2.11 bits per heavy atom. The Labute approximate surface area is 108 Å². The number of hydrogen-bond acceptors (Lipinski definition) is 3. The highest BCUT2D eigenvalue weighted by Crippen LogP contribution is 2.23. The predicted molar refractivity (Wildman–Crippen MR) is 75.1 cm³/mol. The molecule has 96 valence electrons. The third-order valence-electron chi connectivity index (χ3n) is 2.86. The second kappa shape index (κ2) is 5.83.